The SMILES string of the molecule is CCCCC/C=C\C/C=C\CCCCCCCC(=O)OCCCCCCCCCCCCCC/C=C\CCCCCCCCCCC(=O)NC(CO)C(O)CCCCCCCCCCCCCCCCCCCCCCCCCC. The molecule has 0 aliphatic rings. The second kappa shape index (κ2) is 69.6. The summed E-state index contributed by atoms with van der Waals surface area (Å²) in [6.07, 6.45) is 89.1. The average Bonchev–Trinajstić information content (AvgIpc) is 3.46. The zero-order chi connectivity index (χ0) is 57.8. The third-order valence-corrected chi connectivity index (χ3v) is 16.9. The van der Waals surface area contributed by atoms with Crippen molar-refractivity contribution >= 4 is 11.9 Å². The van der Waals surface area contributed by atoms with Gasteiger partial charge in [-0.25, -0.2) is 0 Å². The number of amides is 1. The maximum absolute atomic E-state index is 12.6. The first-order chi connectivity index (χ1) is 39.5. The molecule has 0 rings (SSSR count). The van der Waals surface area contributed by atoms with E-state index in [1.165, 1.54) is 315 Å². The second-order valence-corrected chi connectivity index (χ2v) is 24.9. The second-order valence-electron chi connectivity index (χ2n) is 24.9. The van der Waals surface area contributed by atoms with Crippen molar-refractivity contribution in [2.45, 2.75) is 411 Å². The summed E-state index contributed by atoms with van der Waals surface area (Å²) in [6, 6.07) is -0.547. The number of esters is 1. The van der Waals surface area contributed by atoms with Crippen LogP contribution in [0.1, 0.15) is 399 Å². The third-order valence-electron chi connectivity index (χ3n) is 16.9. The van der Waals surface area contributed by atoms with Crippen LogP contribution in [0.15, 0.2) is 36.5 Å². The lowest BCUT2D eigenvalue weighted by molar-refractivity contribution is -0.143. The molecule has 6 heteroatoms. The topological polar surface area (TPSA) is 95.9 Å². The maximum atomic E-state index is 12.6. The first-order valence-corrected chi connectivity index (χ1v) is 36.2. The number of carbonyl (C=O) groups excluding carboxylic acids is 2. The number of ether oxygens (including phenoxy) is 1. The minimum absolute atomic E-state index is 0.000808. The largest absolute Gasteiger partial charge is 0.466 e. The molecule has 2 atom stereocenters. The number of aliphatic hydroxyl groups excluding tert-OH is 2. The molecule has 80 heavy (non-hydrogen) atoms. The lowest BCUT2D eigenvalue weighted by atomic mass is 10.0. The van der Waals surface area contributed by atoms with Gasteiger partial charge in [0.15, 0.2) is 0 Å². The molecule has 0 heterocycles. The first kappa shape index (κ1) is 78.1. The molecule has 0 aromatic heterocycles. The fraction of sp³-hybridized carbons (Fsp3) is 0.892. The molecule has 0 bridgehead atoms. The Labute approximate surface area is 500 Å². The highest BCUT2D eigenvalue weighted by Gasteiger charge is 2.20. The Morgan fingerprint density at radius 1 is 0.350 bits per heavy atom. The van der Waals surface area contributed by atoms with Crippen LogP contribution < -0.4 is 5.32 Å². The number of hydrogen-bond donors (Lipinski definition) is 3. The molecule has 0 radical (unpaired) electrons. The van der Waals surface area contributed by atoms with Crippen molar-refractivity contribution in [3.63, 3.8) is 0 Å². The van der Waals surface area contributed by atoms with E-state index in [2.05, 4.69) is 55.6 Å². The molecule has 6 nitrogen and oxygen atoms in total. The Bertz CT molecular complexity index is 1300. The van der Waals surface area contributed by atoms with E-state index in [0.717, 1.165) is 51.4 Å². The van der Waals surface area contributed by atoms with E-state index < -0.39 is 12.1 Å². The number of unbranched alkanes of at least 4 members (excludes halogenated alkanes) is 51. The van der Waals surface area contributed by atoms with Crippen molar-refractivity contribution in [1.82, 2.24) is 5.32 Å². The molecule has 0 fully saturated rings. The maximum Gasteiger partial charge on any atom is 0.305 e. The highest BCUT2D eigenvalue weighted by Crippen LogP contribution is 2.19. The summed E-state index contributed by atoms with van der Waals surface area (Å²) < 4.78 is 5.48. The van der Waals surface area contributed by atoms with Gasteiger partial charge in [-0.1, -0.05) is 339 Å². The van der Waals surface area contributed by atoms with Gasteiger partial charge in [0, 0.05) is 12.8 Å². The molecule has 0 aliphatic heterocycles. The van der Waals surface area contributed by atoms with Crippen molar-refractivity contribution in [3.05, 3.63) is 36.5 Å². The van der Waals surface area contributed by atoms with Crippen molar-refractivity contribution in [1.29, 1.82) is 0 Å². The van der Waals surface area contributed by atoms with Crippen LogP contribution in [0.3, 0.4) is 0 Å². The van der Waals surface area contributed by atoms with Gasteiger partial charge in [0.05, 0.1) is 25.4 Å². The van der Waals surface area contributed by atoms with Gasteiger partial charge in [0.1, 0.15) is 0 Å². The van der Waals surface area contributed by atoms with Crippen molar-refractivity contribution in [3.8, 4) is 0 Å². The zero-order valence-corrected chi connectivity index (χ0v) is 54.1. The summed E-state index contributed by atoms with van der Waals surface area (Å²) in [6.45, 7) is 4.95. The summed E-state index contributed by atoms with van der Waals surface area (Å²) in [5.41, 5.74) is 0. The fourth-order valence-corrected chi connectivity index (χ4v) is 11.4. The van der Waals surface area contributed by atoms with Gasteiger partial charge >= 0.3 is 5.97 Å². The molecule has 0 aromatic carbocycles. The summed E-state index contributed by atoms with van der Waals surface area (Å²) in [4.78, 5) is 24.6. The van der Waals surface area contributed by atoms with Gasteiger partial charge < -0.3 is 20.3 Å². The number of rotatable bonds is 68. The van der Waals surface area contributed by atoms with Crippen molar-refractivity contribution < 1.29 is 24.5 Å². The van der Waals surface area contributed by atoms with Gasteiger partial charge in [-0.3, -0.25) is 9.59 Å². The molecule has 0 spiro atoms. The Balaban J connectivity index is 3.41. The quantitative estimate of drug-likeness (QED) is 0.0320. The molecule has 0 aliphatic carbocycles. The summed E-state index contributed by atoms with van der Waals surface area (Å²) in [7, 11) is 0. The normalized spacial score (nSPS) is 12.7. The van der Waals surface area contributed by atoms with E-state index in [-0.39, 0.29) is 18.5 Å². The predicted octanol–water partition coefficient (Wildman–Crippen LogP) is 23.5. The highest BCUT2D eigenvalue weighted by atomic mass is 16.5. The Morgan fingerprint density at radius 3 is 0.988 bits per heavy atom. The Kier molecular flexibility index (Phi) is 67.9. The van der Waals surface area contributed by atoms with E-state index in [1.807, 2.05) is 0 Å². The Morgan fingerprint density at radius 2 is 0.625 bits per heavy atom. The predicted molar refractivity (Wildman–Crippen MR) is 352 cm³/mol. The lowest BCUT2D eigenvalue weighted by Crippen LogP contribution is -2.45. The fourth-order valence-electron chi connectivity index (χ4n) is 11.4. The van der Waals surface area contributed by atoms with Gasteiger partial charge in [-0.05, 0) is 83.5 Å². The monoisotopic (exact) mass is 1120 g/mol. The number of hydrogen-bond acceptors (Lipinski definition) is 5. The van der Waals surface area contributed by atoms with Crippen LogP contribution in [-0.2, 0) is 14.3 Å². The number of carbonyl (C=O) groups is 2. The summed E-state index contributed by atoms with van der Waals surface area (Å²) >= 11 is 0. The van der Waals surface area contributed by atoms with Crippen LogP contribution in [0.4, 0.5) is 0 Å². The first-order valence-electron chi connectivity index (χ1n) is 36.2. The van der Waals surface area contributed by atoms with Crippen LogP contribution in [-0.4, -0.2) is 47.4 Å². The summed E-state index contributed by atoms with van der Waals surface area (Å²) in [5.74, 6) is -0.0361. The molecule has 3 N–H and O–H groups in total. The smallest absolute Gasteiger partial charge is 0.305 e. The standard InChI is InChI=1S/C74H141NO5/c1-3-5-7-9-11-13-15-17-19-20-21-22-23-26-29-32-35-39-42-46-50-54-58-62-66-72(77)71(70-76)75-73(78)67-63-59-55-51-47-43-40-36-33-30-27-24-25-28-31-34-37-41-45-49-53-57-61-65-69-80-74(79)68-64-60-56-52-48-44-38-18-16-14-12-10-8-6-4-2/h12,14,18,27,30,38,71-72,76-77H,3-11,13,15-17,19-26,28-29,31-37,39-70H2,1-2H3,(H,75,78)/b14-12-,30-27-,38-18-. The number of nitrogens with one attached hydrogen (secondary N) is 1. The summed E-state index contributed by atoms with van der Waals surface area (Å²) in [5, 5.41) is 23.4. The zero-order valence-electron chi connectivity index (χ0n) is 54.1. The minimum Gasteiger partial charge on any atom is -0.466 e. The van der Waals surface area contributed by atoms with Crippen molar-refractivity contribution in [2.75, 3.05) is 13.2 Å². The van der Waals surface area contributed by atoms with E-state index in [9.17, 15) is 19.8 Å². The Hall–Kier alpha value is -1.92. The van der Waals surface area contributed by atoms with Gasteiger partial charge in [0.2, 0.25) is 5.91 Å². The van der Waals surface area contributed by atoms with E-state index in [0.29, 0.717) is 25.9 Å². The van der Waals surface area contributed by atoms with Crippen LogP contribution in [0.25, 0.3) is 0 Å². The lowest BCUT2D eigenvalue weighted by Gasteiger charge is -2.22. The third kappa shape index (κ3) is 65.2. The van der Waals surface area contributed by atoms with Gasteiger partial charge in [0.25, 0.3) is 0 Å². The van der Waals surface area contributed by atoms with Gasteiger partial charge in [-0.2, -0.15) is 0 Å². The van der Waals surface area contributed by atoms with E-state index in [1.54, 1.807) is 0 Å². The molecule has 0 saturated heterocycles. The molecule has 2 unspecified atom stereocenters. The van der Waals surface area contributed by atoms with Crippen LogP contribution >= 0.6 is 0 Å². The average molecular weight is 1120 g/mol. The van der Waals surface area contributed by atoms with E-state index in [4.69, 9.17) is 4.74 Å². The van der Waals surface area contributed by atoms with Gasteiger partial charge in [-0.15, -0.1) is 0 Å². The molecule has 472 valence electrons. The van der Waals surface area contributed by atoms with E-state index >= 15 is 0 Å². The highest BCUT2D eigenvalue weighted by molar-refractivity contribution is 5.76. The minimum atomic E-state index is -0.669. The molecular weight excluding hydrogens is 983 g/mol. The molecule has 1 amide bonds. The van der Waals surface area contributed by atoms with Crippen LogP contribution in [0.5, 0.6) is 0 Å². The number of aliphatic hydroxyl groups is 2. The molecular formula is C74H141NO5. The van der Waals surface area contributed by atoms with Crippen LogP contribution in [0.2, 0.25) is 0 Å². The van der Waals surface area contributed by atoms with Crippen LogP contribution in [0, 0.1) is 0 Å². The number of allylic oxidation sites excluding steroid dienone is 6. The van der Waals surface area contributed by atoms with Crippen molar-refractivity contribution in [2.24, 2.45) is 0 Å². The molecule has 0 saturated carbocycles. The molecule has 0 aromatic rings.